The number of hydrogen-bond donors (Lipinski definition) is 0. The predicted molar refractivity (Wildman–Crippen MR) is 79.2 cm³/mol. The Morgan fingerprint density at radius 3 is 2.52 bits per heavy atom. The number of fused-ring (bicyclic) bond motifs is 1. The fraction of sp³-hybridized carbons (Fsp3) is 0.438. The lowest BCUT2D eigenvalue weighted by atomic mass is 10.2. The van der Waals surface area contributed by atoms with E-state index in [0.717, 1.165) is 25.5 Å². The molecule has 2 aliphatic heterocycles. The third-order valence-corrected chi connectivity index (χ3v) is 4.09. The molecule has 0 bridgehead atoms. The number of ether oxygens (including phenoxy) is 2. The van der Waals surface area contributed by atoms with Gasteiger partial charge in [-0.15, -0.1) is 0 Å². The largest absolute Gasteiger partial charge is 0.350 e. The maximum Gasteiger partial charge on any atom is 0.155 e. The molecule has 3 heterocycles. The van der Waals surface area contributed by atoms with Crippen LogP contribution in [-0.2, 0) is 16.0 Å². The topological polar surface area (TPSA) is 39.5 Å². The van der Waals surface area contributed by atoms with E-state index in [2.05, 4.69) is 40.3 Å². The van der Waals surface area contributed by atoms with Crippen molar-refractivity contribution in [2.24, 2.45) is 0 Å². The minimum atomic E-state index is -0.0715. The van der Waals surface area contributed by atoms with Gasteiger partial charge in [-0.05, 0) is 12.5 Å². The Morgan fingerprint density at radius 1 is 1.10 bits per heavy atom. The summed E-state index contributed by atoms with van der Waals surface area (Å²) in [6, 6.07) is 12.4. The van der Waals surface area contributed by atoms with Gasteiger partial charge in [-0.1, -0.05) is 30.3 Å². The van der Waals surface area contributed by atoms with Crippen molar-refractivity contribution in [1.82, 2.24) is 9.78 Å². The van der Waals surface area contributed by atoms with Crippen molar-refractivity contribution in [3.63, 3.8) is 0 Å². The molecule has 3 atom stereocenters. The van der Waals surface area contributed by atoms with Crippen molar-refractivity contribution in [2.45, 2.75) is 32.0 Å². The van der Waals surface area contributed by atoms with Crippen LogP contribution in [0.3, 0.4) is 0 Å². The molecule has 110 valence electrons. The first-order chi connectivity index (χ1) is 10.3. The van der Waals surface area contributed by atoms with E-state index in [1.54, 1.807) is 0 Å². The van der Waals surface area contributed by atoms with Crippen LogP contribution in [0.5, 0.6) is 0 Å². The highest BCUT2D eigenvalue weighted by Gasteiger charge is 2.42. The molecule has 1 unspecified atom stereocenters. The van der Waals surface area contributed by atoms with Crippen molar-refractivity contribution in [2.75, 3.05) is 18.0 Å². The molecular weight excluding hydrogens is 266 g/mol. The summed E-state index contributed by atoms with van der Waals surface area (Å²) in [5.74, 6) is 1.00. The normalized spacial score (nSPS) is 28.0. The van der Waals surface area contributed by atoms with Gasteiger partial charge in [0.15, 0.2) is 12.1 Å². The molecule has 2 saturated heterocycles. The zero-order chi connectivity index (χ0) is 14.2. The summed E-state index contributed by atoms with van der Waals surface area (Å²) in [6.07, 6.45) is 2.32. The van der Waals surface area contributed by atoms with Crippen molar-refractivity contribution >= 4 is 5.82 Å². The molecular formula is C16H19N3O2. The van der Waals surface area contributed by atoms with Gasteiger partial charge in [0.05, 0.1) is 6.54 Å². The maximum absolute atomic E-state index is 5.74. The van der Waals surface area contributed by atoms with Gasteiger partial charge in [-0.3, -0.25) is 4.68 Å². The van der Waals surface area contributed by atoms with E-state index in [1.807, 2.05) is 23.9 Å². The smallest absolute Gasteiger partial charge is 0.155 e. The van der Waals surface area contributed by atoms with Gasteiger partial charge >= 0.3 is 0 Å². The van der Waals surface area contributed by atoms with Crippen LogP contribution in [0.2, 0.25) is 0 Å². The number of aromatic nitrogens is 2. The lowest BCUT2D eigenvalue weighted by Crippen LogP contribution is -2.25. The molecule has 0 amide bonds. The lowest BCUT2D eigenvalue weighted by Gasteiger charge is -2.17. The number of benzene rings is 1. The van der Waals surface area contributed by atoms with Gasteiger partial charge in [-0.2, -0.15) is 5.10 Å². The summed E-state index contributed by atoms with van der Waals surface area (Å²) in [5.41, 5.74) is 1.26. The Bertz CT molecular complexity index is 599. The SMILES string of the molecule is CC1O[C@H]2CN(c3ccn(Cc4ccccc4)n3)C[C@H]2O1. The monoisotopic (exact) mass is 285 g/mol. The van der Waals surface area contributed by atoms with Crippen molar-refractivity contribution in [3.05, 3.63) is 48.2 Å². The van der Waals surface area contributed by atoms with Gasteiger partial charge in [0.25, 0.3) is 0 Å². The van der Waals surface area contributed by atoms with Gasteiger partial charge < -0.3 is 14.4 Å². The first kappa shape index (κ1) is 12.9. The highest BCUT2D eigenvalue weighted by atomic mass is 16.7. The number of hydrogen-bond acceptors (Lipinski definition) is 4. The Balaban J connectivity index is 1.44. The molecule has 4 rings (SSSR count). The van der Waals surface area contributed by atoms with E-state index in [-0.39, 0.29) is 18.5 Å². The zero-order valence-electron chi connectivity index (χ0n) is 12.1. The standard InChI is InChI=1S/C16H19N3O2/c1-12-20-14-10-18(11-15(14)21-12)16-7-8-19(17-16)9-13-5-3-2-4-6-13/h2-8,12,14-15H,9-11H2,1H3/t12?,14-,15+. The minimum Gasteiger partial charge on any atom is -0.350 e. The molecule has 0 aliphatic carbocycles. The molecule has 5 heteroatoms. The van der Waals surface area contributed by atoms with Crippen LogP contribution in [-0.4, -0.2) is 41.4 Å². The fourth-order valence-corrected chi connectivity index (χ4v) is 3.10. The fourth-order valence-electron chi connectivity index (χ4n) is 3.10. The van der Waals surface area contributed by atoms with Crippen molar-refractivity contribution in [1.29, 1.82) is 0 Å². The molecule has 2 aromatic rings. The van der Waals surface area contributed by atoms with Crippen molar-refractivity contribution < 1.29 is 9.47 Å². The number of rotatable bonds is 3. The highest BCUT2D eigenvalue weighted by molar-refractivity contribution is 5.40. The van der Waals surface area contributed by atoms with E-state index >= 15 is 0 Å². The summed E-state index contributed by atoms with van der Waals surface area (Å²) in [7, 11) is 0. The summed E-state index contributed by atoms with van der Waals surface area (Å²) in [5, 5.41) is 4.67. The predicted octanol–water partition coefficient (Wildman–Crippen LogP) is 1.88. The maximum atomic E-state index is 5.74. The number of nitrogens with zero attached hydrogens (tertiary/aromatic N) is 3. The van der Waals surface area contributed by atoms with Gasteiger partial charge in [0, 0.05) is 25.4 Å². The third-order valence-electron chi connectivity index (χ3n) is 4.09. The second kappa shape index (κ2) is 5.16. The molecule has 2 fully saturated rings. The summed E-state index contributed by atoms with van der Waals surface area (Å²) in [4.78, 5) is 2.24. The van der Waals surface area contributed by atoms with E-state index < -0.39 is 0 Å². The zero-order valence-corrected chi connectivity index (χ0v) is 12.1. The second-order valence-electron chi connectivity index (χ2n) is 5.68. The van der Waals surface area contributed by atoms with Crippen LogP contribution in [0.25, 0.3) is 0 Å². The lowest BCUT2D eigenvalue weighted by molar-refractivity contribution is -0.0530. The van der Waals surface area contributed by atoms with Crippen LogP contribution in [0.1, 0.15) is 12.5 Å². The van der Waals surface area contributed by atoms with E-state index in [0.29, 0.717) is 0 Å². The van der Waals surface area contributed by atoms with Gasteiger partial charge in [-0.25, -0.2) is 0 Å². The molecule has 5 nitrogen and oxygen atoms in total. The first-order valence-corrected chi connectivity index (χ1v) is 7.41. The van der Waals surface area contributed by atoms with Crippen LogP contribution in [0.4, 0.5) is 5.82 Å². The van der Waals surface area contributed by atoms with Gasteiger partial charge in [0.2, 0.25) is 0 Å². The van der Waals surface area contributed by atoms with Crippen LogP contribution < -0.4 is 4.90 Å². The average molecular weight is 285 g/mol. The third kappa shape index (κ3) is 2.54. The molecule has 0 radical (unpaired) electrons. The number of anilines is 1. The van der Waals surface area contributed by atoms with E-state index in [1.165, 1.54) is 5.56 Å². The average Bonchev–Trinajstić information content (AvgIpc) is 3.14. The van der Waals surface area contributed by atoms with Crippen LogP contribution >= 0.6 is 0 Å². The second-order valence-corrected chi connectivity index (χ2v) is 5.68. The van der Waals surface area contributed by atoms with Crippen LogP contribution in [0.15, 0.2) is 42.6 Å². The molecule has 0 N–H and O–H groups in total. The summed E-state index contributed by atoms with van der Waals surface area (Å²) >= 11 is 0. The Kier molecular flexibility index (Phi) is 3.16. The Hall–Kier alpha value is -1.85. The van der Waals surface area contributed by atoms with Gasteiger partial charge in [0.1, 0.15) is 12.2 Å². The molecule has 0 spiro atoms. The molecule has 2 aliphatic rings. The van der Waals surface area contributed by atoms with Crippen LogP contribution in [0, 0.1) is 0 Å². The minimum absolute atomic E-state index is 0.0715. The molecule has 1 aromatic carbocycles. The molecule has 1 aromatic heterocycles. The Morgan fingerprint density at radius 2 is 1.81 bits per heavy atom. The first-order valence-electron chi connectivity index (χ1n) is 7.41. The van der Waals surface area contributed by atoms with E-state index in [9.17, 15) is 0 Å². The quantitative estimate of drug-likeness (QED) is 0.863. The molecule has 21 heavy (non-hydrogen) atoms. The molecule has 0 saturated carbocycles. The van der Waals surface area contributed by atoms with E-state index in [4.69, 9.17) is 9.47 Å². The summed E-state index contributed by atoms with van der Waals surface area (Å²) < 4.78 is 13.5. The van der Waals surface area contributed by atoms with Crippen molar-refractivity contribution in [3.8, 4) is 0 Å². The highest BCUT2D eigenvalue weighted by Crippen LogP contribution is 2.28. The Labute approximate surface area is 124 Å². The summed E-state index contributed by atoms with van der Waals surface area (Å²) in [6.45, 7) is 4.47.